The number of nitrogens with one attached hydrogen (secondary N) is 1. The normalized spacial score (nSPS) is 26.7. The number of carbonyl (C=O) groups excluding carboxylic acids is 1. The molecule has 0 heterocycles. The highest BCUT2D eigenvalue weighted by molar-refractivity contribution is 5.78. The zero-order chi connectivity index (χ0) is 14.3. The van der Waals surface area contributed by atoms with Gasteiger partial charge in [-0.3, -0.25) is 4.79 Å². The predicted molar refractivity (Wildman–Crippen MR) is 78.9 cm³/mol. The molecule has 3 heteroatoms. The monoisotopic (exact) mass is 269 g/mol. The average Bonchev–Trinajstić information content (AvgIpc) is 2.43. The van der Waals surface area contributed by atoms with Crippen LogP contribution < -0.4 is 5.32 Å². The summed E-state index contributed by atoms with van der Waals surface area (Å²) in [4.78, 5) is 12.1. The molecule has 1 aliphatic carbocycles. The topological polar surface area (TPSA) is 49.3 Å². The molecule has 0 aromatic rings. The minimum atomic E-state index is -0.770. The highest BCUT2D eigenvalue weighted by Crippen LogP contribution is 2.32. The SMILES string of the molecule is CCCCC1CCC(C(=O)NCC(C)(O)CC)CC1. The summed E-state index contributed by atoms with van der Waals surface area (Å²) in [5.41, 5.74) is -0.770. The lowest BCUT2D eigenvalue weighted by Gasteiger charge is -2.29. The quantitative estimate of drug-likeness (QED) is 0.745. The largest absolute Gasteiger partial charge is 0.388 e. The molecule has 1 aliphatic rings. The van der Waals surface area contributed by atoms with E-state index >= 15 is 0 Å². The summed E-state index contributed by atoms with van der Waals surface area (Å²) in [6, 6.07) is 0. The summed E-state index contributed by atoms with van der Waals surface area (Å²) in [6.07, 6.45) is 9.02. The Morgan fingerprint density at radius 2 is 1.89 bits per heavy atom. The fourth-order valence-corrected chi connectivity index (χ4v) is 2.75. The van der Waals surface area contributed by atoms with Gasteiger partial charge in [0.1, 0.15) is 0 Å². The molecule has 19 heavy (non-hydrogen) atoms. The summed E-state index contributed by atoms with van der Waals surface area (Å²) < 4.78 is 0. The molecule has 0 spiro atoms. The lowest BCUT2D eigenvalue weighted by Crippen LogP contribution is -2.43. The number of hydrogen-bond donors (Lipinski definition) is 2. The summed E-state index contributed by atoms with van der Waals surface area (Å²) in [5, 5.41) is 12.8. The van der Waals surface area contributed by atoms with Gasteiger partial charge in [-0.05, 0) is 44.9 Å². The third-order valence-corrected chi connectivity index (χ3v) is 4.59. The van der Waals surface area contributed by atoms with Gasteiger partial charge in [0.05, 0.1) is 5.60 Å². The van der Waals surface area contributed by atoms with Gasteiger partial charge in [-0.1, -0.05) is 33.1 Å². The molecule has 0 radical (unpaired) electrons. The molecule has 0 aliphatic heterocycles. The molecule has 1 saturated carbocycles. The van der Waals surface area contributed by atoms with Gasteiger partial charge in [0, 0.05) is 12.5 Å². The van der Waals surface area contributed by atoms with Crippen LogP contribution in [0.3, 0.4) is 0 Å². The Hall–Kier alpha value is -0.570. The van der Waals surface area contributed by atoms with E-state index in [2.05, 4.69) is 12.2 Å². The van der Waals surface area contributed by atoms with Crippen molar-refractivity contribution in [1.29, 1.82) is 0 Å². The number of aliphatic hydroxyl groups is 1. The van der Waals surface area contributed by atoms with E-state index in [-0.39, 0.29) is 11.8 Å². The summed E-state index contributed by atoms with van der Waals surface area (Å²) in [7, 11) is 0. The standard InChI is InChI=1S/C16H31NO2/c1-4-6-7-13-8-10-14(11-9-13)15(18)17-12-16(3,19)5-2/h13-14,19H,4-12H2,1-3H3,(H,17,18). The highest BCUT2D eigenvalue weighted by Gasteiger charge is 2.27. The second-order valence-electron chi connectivity index (χ2n) is 6.43. The van der Waals surface area contributed by atoms with Crippen LogP contribution in [-0.4, -0.2) is 23.2 Å². The molecule has 2 N–H and O–H groups in total. The van der Waals surface area contributed by atoms with Gasteiger partial charge in [0.2, 0.25) is 5.91 Å². The van der Waals surface area contributed by atoms with Crippen LogP contribution in [0.1, 0.15) is 72.1 Å². The van der Waals surface area contributed by atoms with E-state index in [4.69, 9.17) is 0 Å². The maximum atomic E-state index is 12.1. The molecular formula is C16H31NO2. The Morgan fingerprint density at radius 1 is 1.26 bits per heavy atom. The second-order valence-corrected chi connectivity index (χ2v) is 6.43. The first-order chi connectivity index (χ1) is 8.98. The van der Waals surface area contributed by atoms with Crippen molar-refractivity contribution in [2.75, 3.05) is 6.54 Å². The zero-order valence-corrected chi connectivity index (χ0v) is 12.9. The lowest BCUT2D eigenvalue weighted by molar-refractivity contribution is -0.127. The Bertz CT molecular complexity index is 268. The lowest BCUT2D eigenvalue weighted by atomic mass is 9.79. The molecule has 0 saturated heterocycles. The van der Waals surface area contributed by atoms with Crippen LogP contribution in [0.5, 0.6) is 0 Å². The molecular weight excluding hydrogens is 238 g/mol. The first kappa shape index (κ1) is 16.5. The highest BCUT2D eigenvalue weighted by atomic mass is 16.3. The van der Waals surface area contributed by atoms with Crippen LogP contribution in [0.2, 0.25) is 0 Å². The van der Waals surface area contributed by atoms with Crippen LogP contribution in [0, 0.1) is 11.8 Å². The zero-order valence-electron chi connectivity index (χ0n) is 12.9. The second kappa shape index (κ2) is 7.88. The van der Waals surface area contributed by atoms with Gasteiger partial charge in [-0.25, -0.2) is 0 Å². The van der Waals surface area contributed by atoms with E-state index in [0.717, 1.165) is 18.8 Å². The van der Waals surface area contributed by atoms with Crippen LogP contribution in [-0.2, 0) is 4.79 Å². The van der Waals surface area contributed by atoms with Gasteiger partial charge in [0.15, 0.2) is 0 Å². The number of unbranched alkanes of at least 4 members (excludes halogenated alkanes) is 1. The molecule has 0 bridgehead atoms. The number of rotatable bonds is 7. The summed E-state index contributed by atoms with van der Waals surface area (Å²) in [5.74, 6) is 1.15. The molecule has 1 amide bonds. The van der Waals surface area contributed by atoms with Crippen molar-refractivity contribution in [2.45, 2.75) is 77.7 Å². The van der Waals surface area contributed by atoms with E-state index in [0.29, 0.717) is 13.0 Å². The minimum Gasteiger partial charge on any atom is -0.388 e. The fraction of sp³-hybridized carbons (Fsp3) is 0.938. The van der Waals surface area contributed by atoms with Crippen molar-refractivity contribution >= 4 is 5.91 Å². The van der Waals surface area contributed by atoms with Crippen molar-refractivity contribution in [1.82, 2.24) is 5.32 Å². The molecule has 3 nitrogen and oxygen atoms in total. The van der Waals surface area contributed by atoms with Gasteiger partial charge in [-0.15, -0.1) is 0 Å². The van der Waals surface area contributed by atoms with Gasteiger partial charge >= 0.3 is 0 Å². The predicted octanol–water partition coefficient (Wildman–Crippen LogP) is 3.26. The van der Waals surface area contributed by atoms with Crippen LogP contribution in [0.4, 0.5) is 0 Å². The molecule has 1 rings (SSSR count). The Labute approximate surface area is 118 Å². The van der Waals surface area contributed by atoms with E-state index in [1.54, 1.807) is 6.92 Å². The van der Waals surface area contributed by atoms with Crippen molar-refractivity contribution in [3.05, 3.63) is 0 Å². The maximum absolute atomic E-state index is 12.1. The number of carbonyl (C=O) groups is 1. The molecule has 112 valence electrons. The fourth-order valence-electron chi connectivity index (χ4n) is 2.75. The van der Waals surface area contributed by atoms with Crippen molar-refractivity contribution in [3.63, 3.8) is 0 Å². The minimum absolute atomic E-state index is 0.141. The third kappa shape index (κ3) is 5.94. The smallest absolute Gasteiger partial charge is 0.223 e. The third-order valence-electron chi connectivity index (χ3n) is 4.59. The van der Waals surface area contributed by atoms with Crippen molar-refractivity contribution < 1.29 is 9.90 Å². The summed E-state index contributed by atoms with van der Waals surface area (Å²) >= 11 is 0. The van der Waals surface area contributed by atoms with E-state index in [1.165, 1.54) is 32.1 Å². The van der Waals surface area contributed by atoms with Gasteiger partial charge < -0.3 is 10.4 Å². The molecule has 0 aromatic heterocycles. The van der Waals surface area contributed by atoms with Crippen molar-refractivity contribution in [3.8, 4) is 0 Å². The maximum Gasteiger partial charge on any atom is 0.223 e. The Morgan fingerprint density at radius 3 is 2.42 bits per heavy atom. The van der Waals surface area contributed by atoms with Crippen LogP contribution in [0.25, 0.3) is 0 Å². The molecule has 1 unspecified atom stereocenters. The van der Waals surface area contributed by atoms with Crippen molar-refractivity contribution in [2.24, 2.45) is 11.8 Å². The number of amides is 1. The van der Waals surface area contributed by atoms with Crippen LogP contribution >= 0.6 is 0 Å². The van der Waals surface area contributed by atoms with E-state index < -0.39 is 5.60 Å². The summed E-state index contributed by atoms with van der Waals surface area (Å²) in [6.45, 7) is 6.32. The first-order valence-corrected chi connectivity index (χ1v) is 7.98. The molecule has 1 atom stereocenters. The number of hydrogen-bond acceptors (Lipinski definition) is 2. The van der Waals surface area contributed by atoms with E-state index in [1.807, 2.05) is 6.92 Å². The Balaban J connectivity index is 2.25. The van der Waals surface area contributed by atoms with E-state index in [9.17, 15) is 9.90 Å². The first-order valence-electron chi connectivity index (χ1n) is 7.98. The molecule has 1 fully saturated rings. The molecule has 0 aromatic carbocycles. The average molecular weight is 269 g/mol. The van der Waals surface area contributed by atoms with Crippen LogP contribution in [0.15, 0.2) is 0 Å². The Kier molecular flexibility index (Phi) is 6.84. The van der Waals surface area contributed by atoms with Gasteiger partial charge in [-0.2, -0.15) is 0 Å². The van der Waals surface area contributed by atoms with Gasteiger partial charge in [0.25, 0.3) is 0 Å².